The van der Waals surface area contributed by atoms with Crippen molar-refractivity contribution in [2.24, 2.45) is 0 Å². The molecule has 2 aliphatic rings. The zero-order valence-corrected chi connectivity index (χ0v) is 16.6. The van der Waals surface area contributed by atoms with Crippen LogP contribution in [0.25, 0.3) is 0 Å². The number of piperidine rings is 1. The quantitative estimate of drug-likeness (QED) is 0.791. The van der Waals surface area contributed by atoms with E-state index in [1.54, 1.807) is 32.6 Å². The second-order valence-electron chi connectivity index (χ2n) is 7.63. The van der Waals surface area contributed by atoms with Gasteiger partial charge in [0.05, 0.1) is 20.5 Å². The minimum Gasteiger partial charge on any atom is -0.497 e. The Morgan fingerprint density at radius 1 is 1.04 bits per heavy atom. The van der Waals surface area contributed by atoms with E-state index in [1.165, 1.54) is 5.56 Å². The molecule has 0 N–H and O–H groups in total. The average Bonchev–Trinajstić information content (AvgIpc) is 3.45. The number of methoxy groups -OCH3 is 2. The molecule has 2 aromatic rings. The number of ether oxygens (including phenoxy) is 2. The molecule has 1 atom stereocenters. The fourth-order valence-electron chi connectivity index (χ4n) is 4.45. The average molecular weight is 384 g/mol. The molecule has 2 fully saturated rings. The van der Waals surface area contributed by atoms with Gasteiger partial charge < -0.3 is 18.8 Å². The molecule has 0 radical (unpaired) electrons. The van der Waals surface area contributed by atoms with Crippen LogP contribution in [-0.2, 0) is 0 Å². The number of carbonyl (C=O) groups excluding carboxylic acids is 1. The molecule has 0 bridgehead atoms. The normalized spacial score (nSPS) is 21.1. The lowest BCUT2D eigenvalue weighted by atomic mass is 9.97. The molecular weight excluding hydrogens is 356 g/mol. The molecular formula is C22H28N2O4. The summed E-state index contributed by atoms with van der Waals surface area (Å²) < 4.78 is 16.1. The smallest absolute Gasteiger partial charge is 0.289 e. The predicted octanol–water partition coefficient (Wildman–Crippen LogP) is 3.39. The molecule has 0 aliphatic carbocycles. The summed E-state index contributed by atoms with van der Waals surface area (Å²) in [5, 5.41) is 0. The van der Waals surface area contributed by atoms with Crippen molar-refractivity contribution in [3.63, 3.8) is 0 Å². The van der Waals surface area contributed by atoms with E-state index in [-0.39, 0.29) is 5.91 Å². The highest BCUT2D eigenvalue weighted by Crippen LogP contribution is 2.35. The maximum absolute atomic E-state index is 12.4. The van der Waals surface area contributed by atoms with E-state index < -0.39 is 0 Å². The number of furan rings is 1. The Kier molecular flexibility index (Phi) is 5.57. The summed E-state index contributed by atoms with van der Waals surface area (Å²) in [5.41, 5.74) is 1.28. The van der Waals surface area contributed by atoms with Gasteiger partial charge in [-0.2, -0.15) is 0 Å². The third-order valence-corrected chi connectivity index (χ3v) is 6.06. The molecule has 2 aliphatic heterocycles. The second kappa shape index (κ2) is 8.27. The SMILES string of the molecule is COc1cc(OC)cc([C@@H]2CCN(C3CCN(C(=O)c4ccco4)CC3)C2)c1. The molecule has 6 heteroatoms. The van der Waals surface area contributed by atoms with E-state index in [2.05, 4.69) is 17.0 Å². The highest BCUT2D eigenvalue weighted by molar-refractivity contribution is 5.91. The Labute approximate surface area is 166 Å². The number of hydrogen-bond donors (Lipinski definition) is 0. The molecule has 4 rings (SSSR count). The van der Waals surface area contributed by atoms with E-state index in [0.29, 0.717) is 17.7 Å². The number of nitrogens with zero attached hydrogens (tertiary/aromatic N) is 2. The van der Waals surface area contributed by atoms with E-state index >= 15 is 0 Å². The van der Waals surface area contributed by atoms with Gasteiger partial charge in [0.15, 0.2) is 5.76 Å². The summed E-state index contributed by atoms with van der Waals surface area (Å²) in [5.74, 6) is 2.62. The Hall–Kier alpha value is -2.47. The first kappa shape index (κ1) is 18.9. The Bertz CT molecular complexity index is 775. The second-order valence-corrected chi connectivity index (χ2v) is 7.63. The van der Waals surface area contributed by atoms with Crippen LogP contribution in [0.15, 0.2) is 41.0 Å². The van der Waals surface area contributed by atoms with Gasteiger partial charge in [-0.15, -0.1) is 0 Å². The van der Waals surface area contributed by atoms with Gasteiger partial charge in [0, 0.05) is 31.7 Å². The molecule has 0 unspecified atom stereocenters. The number of amides is 1. The molecule has 150 valence electrons. The largest absolute Gasteiger partial charge is 0.497 e. The van der Waals surface area contributed by atoms with Crippen molar-refractivity contribution >= 4 is 5.91 Å². The van der Waals surface area contributed by atoms with E-state index in [9.17, 15) is 4.79 Å². The standard InChI is InChI=1S/C22H28N2O4/c1-26-19-12-17(13-20(14-19)27-2)16-5-8-24(15-16)18-6-9-23(10-7-18)22(25)21-4-3-11-28-21/h3-4,11-14,16,18H,5-10,15H2,1-2H3/t16-/m1/s1. The number of likely N-dealkylation sites (tertiary alicyclic amines) is 2. The van der Waals surface area contributed by atoms with Crippen molar-refractivity contribution in [3.8, 4) is 11.5 Å². The van der Waals surface area contributed by atoms with Crippen LogP contribution in [0.3, 0.4) is 0 Å². The first-order valence-electron chi connectivity index (χ1n) is 9.97. The van der Waals surface area contributed by atoms with Crippen LogP contribution in [0.2, 0.25) is 0 Å². The van der Waals surface area contributed by atoms with Crippen LogP contribution in [0.4, 0.5) is 0 Å². The lowest BCUT2D eigenvalue weighted by Gasteiger charge is -2.36. The van der Waals surface area contributed by atoms with Crippen molar-refractivity contribution in [2.75, 3.05) is 40.4 Å². The van der Waals surface area contributed by atoms with Gasteiger partial charge >= 0.3 is 0 Å². The number of hydrogen-bond acceptors (Lipinski definition) is 5. The van der Waals surface area contributed by atoms with Gasteiger partial charge in [-0.05, 0) is 61.6 Å². The van der Waals surface area contributed by atoms with Crippen LogP contribution in [0.5, 0.6) is 11.5 Å². The first-order chi connectivity index (χ1) is 13.7. The summed E-state index contributed by atoms with van der Waals surface area (Å²) in [6, 6.07) is 10.2. The molecule has 0 spiro atoms. The lowest BCUT2D eigenvalue weighted by molar-refractivity contribution is 0.0613. The molecule has 0 saturated carbocycles. The monoisotopic (exact) mass is 384 g/mol. The molecule has 1 aromatic heterocycles. The number of benzene rings is 1. The summed E-state index contributed by atoms with van der Waals surface area (Å²) >= 11 is 0. The van der Waals surface area contributed by atoms with Crippen molar-refractivity contribution in [1.82, 2.24) is 9.80 Å². The first-order valence-corrected chi connectivity index (χ1v) is 9.97. The maximum atomic E-state index is 12.4. The molecule has 3 heterocycles. The molecule has 6 nitrogen and oxygen atoms in total. The van der Waals surface area contributed by atoms with Crippen molar-refractivity contribution in [2.45, 2.75) is 31.2 Å². The summed E-state index contributed by atoms with van der Waals surface area (Å²) in [6.45, 7) is 3.73. The van der Waals surface area contributed by atoms with E-state index in [4.69, 9.17) is 13.9 Å². The molecule has 28 heavy (non-hydrogen) atoms. The van der Waals surface area contributed by atoms with Crippen LogP contribution >= 0.6 is 0 Å². The minimum absolute atomic E-state index is 0.00576. The topological polar surface area (TPSA) is 55.2 Å². The molecule has 1 aromatic carbocycles. The van der Waals surface area contributed by atoms with Gasteiger partial charge in [-0.25, -0.2) is 0 Å². The predicted molar refractivity (Wildman–Crippen MR) is 106 cm³/mol. The zero-order valence-electron chi connectivity index (χ0n) is 16.6. The van der Waals surface area contributed by atoms with Crippen molar-refractivity contribution in [1.29, 1.82) is 0 Å². The fraction of sp³-hybridized carbons (Fsp3) is 0.500. The number of rotatable bonds is 5. The van der Waals surface area contributed by atoms with Gasteiger partial charge in [0.1, 0.15) is 11.5 Å². The zero-order chi connectivity index (χ0) is 19.5. The van der Waals surface area contributed by atoms with Crippen molar-refractivity contribution in [3.05, 3.63) is 47.9 Å². The summed E-state index contributed by atoms with van der Waals surface area (Å²) in [7, 11) is 3.38. The Morgan fingerprint density at radius 2 is 1.75 bits per heavy atom. The van der Waals surface area contributed by atoms with E-state index in [0.717, 1.165) is 56.9 Å². The van der Waals surface area contributed by atoms with E-state index in [1.807, 2.05) is 11.0 Å². The minimum atomic E-state index is 0.00576. The van der Waals surface area contributed by atoms with Crippen molar-refractivity contribution < 1.29 is 18.7 Å². The highest BCUT2D eigenvalue weighted by Gasteiger charge is 2.33. The third-order valence-electron chi connectivity index (χ3n) is 6.06. The van der Waals surface area contributed by atoms with Crippen LogP contribution in [0.1, 0.15) is 41.3 Å². The maximum Gasteiger partial charge on any atom is 0.289 e. The van der Waals surface area contributed by atoms with Crippen LogP contribution < -0.4 is 9.47 Å². The Balaban J connectivity index is 1.35. The summed E-state index contributed by atoms with van der Waals surface area (Å²) in [6.07, 6.45) is 4.72. The van der Waals surface area contributed by atoms with Gasteiger partial charge in [0.25, 0.3) is 5.91 Å². The van der Waals surface area contributed by atoms with Gasteiger partial charge in [-0.1, -0.05) is 0 Å². The fourth-order valence-corrected chi connectivity index (χ4v) is 4.45. The highest BCUT2D eigenvalue weighted by atomic mass is 16.5. The third kappa shape index (κ3) is 3.87. The molecule has 2 saturated heterocycles. The Morgan fingerprint density at radius 3 is 2.36 bits per heavy atom. The number of carbonyl (C=O) groups is 1. The van der Waals surface area contributed by atoms with Crippen LogP contribution in [0, 0.1) is 0 Å². The summed E-state index contributed by atoms with van der Waals surface area (Å²) in [4.78, 5) is 16.9. The lowest BCUT2D eigenvalue weighted by Crippen LogP contribution is -2.46. The van der Waals surface area contributed by atoms with Gasteiger partial charge in [-0.3, -0.25) is 9.69 Å². The molecule has 1 amide bonds. The van der Waals surface area contributed by atoms with Gasteiger partial charge in [0.2, 0.25) is 0 Å². The van der Waals surface area contributed by atoms with Crippen LogP contribution in [-0.4, -0.2) is 62.1 Å².